The third-order valence-electron chi connectivity index (χ3n) is 1.86. The van der Waals surface area contributed by atoms with E-state index in [1.54, 1.807) is 20.8 Å². The minimum Gasteiger partial charge on any atom is -0.444 e. The molecule has 0 aromatic heterocycles. The normalized spacial score (nSPS) is 11.0. The second kappa shape index (κ2) is 5.75. The maximum Gasteiger partial charge on any atom is 0.412 e. The molecule has 0 saturated heterocycles. The first-order valence-electron chi connectivity index (χ1n) is 5.23. The third kappa shape index (κ3) is 4.68. The summed E-state index contributed by atoms with van der Waals surface area (Å²) < 4.78 is 5.46. The van der Waals surface area contributed by atoms with Crippen molar-refractivity contribution in [3.05, 3.63) is 31.7 Å². The summed E-state index contributed by atoms with van der Waals surface area (Å²) in [5.41, 5.74) is -1.12. The van der Waals surface area contributed by atoms with Gasteiger partial charge in [0.15, 0.2) is 0 Å². The van der Waals surface area contributed by atoms with Crippen LogP contribution >= 0.6 is 27.5 Å². The van der Waals surface area contributed by atoms with Crippen LogP contribution in [0.25, 0.3) is 0 Å². The fraction of sp³-hybridized carbons (Fsp3) is 0.364. The second-order valence-corrected chi connectivity index (χ2v) is 5.99. The molecule has 6 nitrogen and oxygen atoms in total. The fourth-order valence-electron chi connectivity index (χ4n) is 1.23. The molecular formula is C11H12BrClN2O4. The van der Waals surface area contributed by atoms with Gasteiger partial charge >= 0.3 is 6.09 Å². The molecule has 19 heavy (non-hydrogen) atoms. The Kier molecular flexibility index (Phi) is 4.75. The summed E-state index contributed by atoms with van der Waals surface area (Å²) in [6.45, 7) is 5.05. The molecular weight excluding hydrogens is 339 g/mol. The van der Waals surface area contributed by atoms with Crippen molar-refractivity contribution in [2.45, 2.75) is 26.4 Å². The largest absolute Gasteiger partial charge is 0.444 e. The van der Waals surface area contributed by atoms with Gasteiger partial charge in [0.1, 0.15) is 11.3 Å². The summed E-state index contributed by atoms with van der Waals surface area (Å²) in [6, 6.07) is 2.69. The van der Waals surface area contributed by atoms with E-state index < -0.39 is 16.6 Å². The van der Waals surface area contributed by atoms with Crippen molar-refractivity contribution in [3.63, 3.8) is 0 Å². The van der Waals surface area contributed by atoms with E-state index in [-0.39, 0.29) is 16.4 Å². The van der Waals surface area contributed by atoms with Crippen LogP contribution < -0.4 is 5.32 Å². The van der Waals surface area contributed by atoms with Crippen LogP contribution in [0.15, 0.2) is 16.6 Å². The van der Waals surface area contributed by atoms with Gasteiger partial charge < -0.3 is 4.74 Å². The number of carbonyl (C=O) groups excluding carboxylic acids is 1. The molecule has 0 unspecified atom stereocenters. The van der Waals surface area contributed by atoms with Crippen LogP contribution in [0.5, 0.6) is 0 Å². The summed E-state index contributed by atoms with van der Waals surface area (Å²) in [5.74, 6) is 0. The summed E-state index contributed by atoms with van der Waals surface area (Å²) in [6.07, 6.45) is -0.806. The lowest BCUT2D eigenvalue weighted by Crippen LogP contribution is -2.27. The van der Waals surface area contributed by atoms with Gasteiger partial charge in [0.2, 0.25) is 0 Å². The van der Waals surface area contributed by atoms with E-state index in [0.717, 1.165) is 0 Å². The lowest BCUT2D eigenvalue weighted by molar-refractivity contribution is -0.384. The summed E-state index contributed by atoms with van der Waals surface area (Å²) in [4.78, 5) is 21.9. The summed E-state index contributed by atoms with van der Waals surface area (Å²) >= 11 is 8.99. The number of anilines is 1. The molecule has 8 heteroatoms. The predicted octanol–water partition coefficient (Wildman–Crippen LogP) is 4.36. The van der Waals surface area contributed by atoms with Gasteiger partial charge in [-0.2, -0.15) is 0 Å². The number of carbonyl (C=O) groups is 1. The molecule has 1 N–H and O–H groups in total. The Morgan fingerprint density at radius 3 is 2.53 bits per heavy atom. The standard InChI is InChI=1S/C11H12BrClN2O4/c1-11(2,3)19-10(16)14-9-7(13)4-6(12)5-8(9)15(17)18/h4-5H,1-3H3,(H,14,16). The van der Waals surface area contributed by atoms with Gasteiger partial charge in [-0.15, -0.1) is 0 Å². The lowest BCUT2D eigenvalue weighted by Gasteiger charge is -2.19. The van der Waals surface area contributed by atoms with Gasteiger partial charge in [-0.05, 0) is 26.8 Å². The van der Waals surface area contributed by atoms with Gasteiger partial charge in [0, 0.05) is 10.5 Å². The number of halogens is 2. The molecule has 0 spiro atoms. The van der Waals surface area contributed by atoms with E-state index in [1.165, 1.54) is 12.1 Å². The first kappa shape index (κ1) is 15.7. The number of rotatable bonds is 2. The maximum atomic E-state index is 11.6. The van der Waals surface area contributed by atoms with Gasteiger partial charge in [-0.1, -0.05) is 27.5 Å². The quantitative estimate of drug-likeness (QED) is 0.634. The highest BCUT2D eigenvalue weighted by atomic mass is 79.9. The van der Waals surface area contributed by atoms with Crippen molar-refractivity contribution in [2.24, 2.45) is 0 Å². The van der Waals surface area contributed by atoms with E-state index in [2.05, 4.69) is 21.2 Å². The molecule has 0 saturated carbocycles. The lowest BCUT2D eigenvalue weighted by atomic mass is 10.2. The molecule has 0 aliphatic heterocycles. The first-order valence-corrected chi connectivity index (χ1v) is 6.40. The Morgan fingerprint density at radius 1 is 1.47 bits per heavy atom. The molecule has 104 valence electrons. The molecule has 0 fully saturated rings. The number of benzene rings is 1. The SMILES string of the molecule is CC(C)(C)OC(=O)Nc1c(Cl)cc(Br)cc1[N+](=O)[O-]. The Labute approximate surface area is 123 Å². The molecule has 0 bridgehead atoms. The number of hydrogen-bond donors (Lipinski definition) is 1. The Morgan fingerprint density at radius 2 is 2.05 bits per heavy atom. The number of nitro benzene ring substituents is 1. The average Bonchev–Trinajstić information content (AvgIpc) is 2.18. The van der Waals surface area contributed by atoms with Crippen LogP contribution in [-0.4, -0.2) is 16.6 Å². The third-order valence-corrected chi connectivity index (χ3v) is 2.61. The number of nitrogens with one attached hydrogen (secondary N) is 1. The van der Waals surface area contributed by atoms with Crippen LogP contribution in [0, 0.1) is 10.1 Å². The maximum absolute atomic E-state index is 11.6. The van der Waals surface area contributed by atoms with Crippen molar-refractivity contribution in [2.75, 3.05) is 5.32 Å². The second-order valence-electron chi connectivity index (χ2n) is 4.67. The minimum absolute atomic E-state index is 0.0481. The van der Waals surface area contributed by atoms with Gasteiger partial charge in [-0.3, -0.25) is 15.4 Å². The predicted molar refractivity (Wildman–Crippen MR) is 75.7 cm³/mol. The highest BCUT2D eigenvalue weighted by Gasteiger charge is 2.23. The van der Waals surface area contributed by atoms with Gasteiger partial charge in [0.05, 0.1) is 9.95 Å². The van der Waals surface area contributed by atoms with Crippen molar-refractivity contribution < 1.29 is 14.5 Å². The smallest absolute Gasteiger partial charge is 0.412 e. The van der Waals surface area contributed by atoms with Crippen LogP contribution in [0.1, 0.15) is 20.8 Å². The van der Waals surface area contributed by atoms with E-state index >= 15 is 0 Å². The molecule has 1 rings (SSSR count). The molecule has 1 amide bonds. The Balaban J connectivity index is 3.07. The van der Waals surface area contributed by atoms with Crippen molar-refractivity contribution in [3.8, 4) is 0 Å². The highest BCUT2D eigenvalue weighted by Crippen LogP contribution is 2.35. The fourth-order valence-corrected chi connectivity index (χ4v) is 2.07. The van der Waals surface area contributed by atoms with E-state index in [1.807, 2.05) is 0 Å². The zero-order chi connectivity index (χ0) is 14.8. The molecule has 0 atom stereocenters. The van der Waals surface area contributed by atoms with E-state index in [0.29, 0.717) is 4.47 Å². The molecule has 0 aliphatic carbocycles. The average molecular weight is 352 g/mol. The molecule has 1 aromatic rings. The number of amides is 1. The van der Waals surface area contributed by atoms with Crippen LogP contribution in [-0.2, 0) is 4.74 Å². The van der Waals surface area contributed by atoms with Crippen LogP contribution in [0.4, 0.5) is 16.2 Å². The summed E-state index contributed by atoms with van der Waals surface area (Å²) in [7, 11) is 0. The van der Waals surface area contributed by atoms with Crippen molar-refractivity contribution in [1.82, 2.24) is 0 Å². The first-order chi connectivity index (χ1) is 8.60. The molecule has 1 aromatic carbocycles. The Bertz CT molecular complexity index is 528. The van der Waals surface area contributed by atoms with Gasteiger partial charge in [0.25, 0.3) is 5.69 Å². The van der Waals surface area contributed by atoms with Crippen LogP contribution in [0.2, 0.25) is 5.02 Å². The molecule has 0 heterocycles. The van der Waals surface area contributed by atoms with Crippen molar-refractivity contribution in [1.29, 1.82) is 0 Å². The zero-order valence-corrected chi connectivity index (χ0v) is 12.8. The summed E-state index contributed by atoms with van der Waals surface area (Å²) in [5, 5.41) is 13.3. The molecule has 0 radical (unpaired) electrons. The number of ether oxygens (including phenoxy) is 1. The minimum atomic E-state index is -0.806. The number of nitro groups is 1. The highest BCUT2D eigenvalue weighted by molar-refractivity contribution is 9.10. The Hall–Kier alpha value is -1.34. The van der Waals surface area contributed by atoms with Crippen molar-refractivity contribution >= 4 is 45.0 Å². The van der Waals surface area contributed by atoms with Crippen LogP contribution in [0.3, 0.4) is 0 Å². The topological polar surface area (TPSA) is 81.5 Å². The van der Waals surface area contributed by atoms with E-state index in [4.69, 9.17) is 16.3 Å². The zero-order valence-electron chi connectivity index (χ0n) is 10.5. The number of hydrogen-bond acceptors (Lipinski definition) is 4. The van der Waals surface area contributed by atoms with E-state index in [9.17, 15) is 14.9 Å². The molecule has 0 aliphatic rings. The number of nitrogens with zero attached hydrogens (tertiary/aromatic N) is 1. The monoisotopic (exact) mass is 350 g/mol. The van der Waals surface area contributed by atoms with Gasteiger partial charge in [-0.25, -0.2) is 4.79 Å².